The van der Waals surface area contributed by atoms with Crippen molar-refractivity contribution >= 4 is 11.2 Å². The Labute approximate surface area is 85.6 Å². The van der Waals surface area contributed by atoms with Crippen LogP contribution >= 0.6 is 0 Å². The van der Waals surface area contributed by atoms with E-state index in [1.54, 1.807) is 18.8 Å². The van der Waals surface area contributed by atoms with E-state index in [2.05, 4.69) is 4.98 Å². The Morgan fingerprint density at radius 2 is 2.14 bits per heavy atom. The Morgan fingerprint density at radius 3 is 2.79 bits per heavy atom. The van der Waals surface area contributed by atoms with Crippen molar-refractivity contribution in [1.29, 1.82) is 0 Å². The summed E-state index contributed by atoms with van der Waals surface area (Å²) in [7, 11) is 0. The van der Waals surface area contributed by atoms with E-state index in [1.807, 2.05) is 35.0 Å². The highest BCUT2D eigenvalue weighted by molar-refractivity contribution is 7.90. The van der Waals surface area contributed by atoms with E-state index in [4.69, 9.17) is 0 Å². The summed E-state index contributed by atoms with van der Waals surface area (Å²) in [6.45, 7) is 0. The summed E-state index contributed by atoms with van der Waals surface area (Å²) in [5, 5.41) is 0. The van der Waals surface area contributed by atoms with Gasteiger partial charge in [-0.15, -0.1) is 0 Å². The normalized spacial score (nSPS) is 12.7. The number of nitrogens with zero attached hydrogens (tertiary/aromatic N) is 2. The van der Waals surface area contributed by atoms with Crippen LogP contribution in [0.3, 0.4) is 0 Å². The lowest BCUT2D eigenvalue weighted by Gasteiger charge is -2.09. The van der Waals surface area contributed by atoms with Gasteiger partial charge in [0.05, 0.1) is 6.33 Å². The van der Waals surface area contributed by atoms with Crippen molar-refractivity contribution in [1.82, 2.24) is 9.55 Å². The number of hydrogen-bond donors (Lipinski definition) is 0. The van der Waals surface area contributed by atoms with Gasteiger partial charge in [0, 0.05) is 12.4 Å². The maximum atomic E-state index is 11.4. The van der Waals surface area contributed by atoms with Crippen molar-refractivity contribution in [2.45, 2.75) is 4.90 Å². The molecule has 0 N–H and O–H groups in total. The van der Waals surface area contributed by atoms with Crippen LogP contribution < -0.4 is 0 Å². The third-order valence-electron chi connectivity index (χ3n) is 1.96. The lowest BCUT2D eigenvalue weighted by Crippen LogP contribution is -2.03. The smallest absolute Gasteiger partial charge is 0.176 e. The Hall–Kier alpha value is -1.26. The SMILES string of the molecule is C[S+]([O-])c1ccccc1-n1ccnc1. The Morgan fingerprint density at radius 1 is 1.36 bits per heavy atom. The van der Waals surface area contributed by atoms with Crippen LogP contribution in [-0.2, 0) is 11.2 Å². The molecule has 1 aromatic carbocycles. The summed E-state index contributed by atoms with van der Waals surface area (Å²) in [6.07, 6.45) is 6.92. The minimum atomic E-state index is -0.974. The number of rotatable bonds is 2. The van der Waals surface area contributed by atoms with E-state index < -0.39 is 11.2 Å². The molecule has 0 aliphatic rings. The van der Waals surface area contributed by atoms with Gasteiger partial charge >= 0.3 is 0 Å². The van der Waals surface area contributed by atoms with Gasteiger partial charge in [-0.25, -0.2) is 4.98 Å². The fourth-order valence-corrected chi connectivity index (χ4v) is 2.05. The highest BCUT2D eigenvalue weighted by Gasteiger charge is 2.11. The van der Waals surface area contributed by atoms with E-state index in [-0.39, 0.29) is 0 Å². The van der Waals surface area contributed by atoms with Gasteiger partial charge < -0.3 is 9.12 Å². The molecule has 1 atom stereocenters. The lowest BCUT2D eigenvalue weighted by molar-refractivity contribution is 0.600. The fourth-order valence-electron chi connectivity index (χ4n) is 1.32. The van der Waals surface area contributed by atoms with Gasteiger partial charge in [-0.05, 0) is 23.3 Å². The highest BCUT2D eigenvalue weighted by atomic mass is 32.2. The summed E-state index contributed by atoms with van der Waals surface area (Å²) in [5.74, 6) is 0. The van der Waals surface area contributed by atoms with Crippen LogP contribution in [-0.4, -0.2) is 20.4 Å². The second-order valence-corrected chi connectivity index (χ2v) is 4.24. The van der Waals surface area contributed by atoms with E-state index in [9.17, 15) is 4.55 Å². The van der Waals surface area contributed by atoms with Crippen LogP contribution in [0.1, 0.15) is 0 Å². The standard InChI is InChI=1S/C10H10N2OS/c1-14(13)10-5-3-2-4-9(10)12-7-6-11-8-12/h2-8H,1H3. The number of benzene rings is 1. The van der Waals surface area contributed by atoms with Crippen LogP contribution in [0, 0.1) is 0 Å². The number of imidazole rings is 1. The molecule has 0 aliphatic heterocycles. The molecule has 1 aromatic heterocycles. The van der Waals surface area contributed by atoms with Gasteiger partial charge in [0.15, 0.2) is 4.90 Å². The van der Waals surface area contributed by atoms with Crippen molar-refractivity contribution in [3.05, 3.63) is 43.0 Å². The molecule has 0 fully saturated rings. The zero-order chi connectivity index (χ0) is 9.97. The molecular weight excluding hydrogens is 196 g/mol. The van der Waals surface area contributed by atoms with Gasteiger partial charge in [0.1, 0.15) is 11.9 Å². The first-order valence-corrected chi connectivity index (χ1v) is 5.75. The van der Waals surface area contributed by atoms with Crippen molar-refractivity contribution < 1.29 is 4.55 Å². The molecular formula is C10H10N2OS. The first kappa shape index (κ1) is 9.30. The number of hydrogen-bond acceptors (Lipinski definition) is 2. The van der Waals surface area contributed by atoms with Crippen molar-refractivity contribution in [3.63, 3.8) is 0 Å². The summed E-state index contributed by atoms with van der Waals surface area (Å²) in [4.78, 5) is 4.79. The third-order valence-corrected chi connectivity index (χ3v) is 2.92. The van der Waals surface area contributed by atoms with Crippen LogP contribution in [0.15, 0.2) is 47.9 Å². The quantitative estimate of drug-likeness (QED) is 0.700. The molecule has 0 spiro atoms. The van der Waals surface area contributed by atoms with Crippen LogP contribution in [0.5, 0.6) is 0 Å². The molecule has 3 nitrogen and oxygen atoms in total. The molecule has 72 valence electrons. The zero-order valence-corrected chi connectivity index (χ0v) is 8.57. The second-order valence-electron chi connectivity index (χ2n) is 2.89. The largest absolute Gasteiger partial charge is 0.612 e. The van der Waals surface area contributed by atoms with E-state index in [0.29, 0.717) is 0 Å². The van der Waals surface area contributed by atoms with Gasteiger partial charge in [0.25, 0.3) is 0 Å². The molecule has 1 unspecified atom stereocenters. The number of para-hydroxylation sites is 1. The molecule has 14 heavy (non-hydrogen) atoms. The molecule has 0 bridgehead atoms. The fraction of sp³-hybridized carbons (Fsp3) is 0.100. The van der Waals surface area contributed by atoms with Crippen molar-refractivity contribution in [3.8, 4) is 5.69 Å². The van der Waals surface area contributed by atoms with Crippen molar-refractivity contribution in [2.75, 3.05) is 6.26 Å². The minimum absolute atomic E-state index is 0.825. The predicted octanol–water partition coefficient (Wildman–Crippen LogP) is 1.61. The number of aromatic nitrogens is 2. The topological polar surface area (TPSA) is 40.9 Å². The molecule has 4 heteroatoms. The minimum Gasteiger partial charge on any atom is -0.612 e. The maximum absolute atomic E-state index is 11.4. The van der Waals surface area contributed by atoms with Crippen molar-refractivity contribution in [2.24, 2.45) is 0 Å². The lowest BCUT2D eigenvalue weighted by atomic mass is 10.3. The first-order chi connectivity index (χ1) is 6.79. The maximum Gasteiger partial charge on any atom is 0.176 e. The Balaban J connectivity index is 2.53. The molecule has 0 aliphatic carbocycles. The monoisotopic (exact) mass is 206 g/mol. The first-order valence-electron chi connectivity index (χ1n) is 4.20. The molecule has 2 rings (SSSR count). The molecule has 0 amide bonds. The van der Waals surface area contributed by atoms with E-state index >= 15 is 0 Å². The van der Waals surface area contributed by atoms with Crippen LogP contribution in [0.4, 0.5) is 0 Å². The summed E-state index contributed by atoms with van der Waals surface area (Å²) in [6, 6.07) is 7.60. The molecule has 0 radical (unpaired) electrons. The highest BCUT2D eigenvalue weighted by Crippen LogP contribution is 2.18. The van der Waals surface area contributed by atoms with Crippen LogP contribution in [0.25, 0.3) is 5.69 Å². The van der Waals surface area contributed by atoms with E-state index in [0.717, 1.165) is 10.6 Å². The molecule has 0 saturated carbocycles. The molecule has 0 saturated heterocycles. The Kier molecular flexibility index (Phi) is 2.56. The van der Waals surface area contributed by atoms with Crippen LogP contribution in [0.2, 0.25) is 0 Å². The average Bonchev–Trinajstić information content (AvgIpc) is 2.70. The summed E-state index contributed by atoms with van der Waals surface area (Å²) < 4.78 is 13.3. The summed E-state index contributed by atoms with van der Waals surface area (Å²) >= 11 is -0.974. The molecule has 2 aromatic rings. The average molecular weight is 206 g/mol. The predicted molar refractivity (Wildman–Crippen MR) is 55.9 cm³/mol. The Bertz CT molecular complexity index is 412. The molecule has 1 heterocycles. The van der Waals surface area contributed by atoms with Gasteiger partial charge in [0.2, 0.25) is 0 Å². The summed E-state index contributed by atoms with van der Waals surface area (Å²) in [5.41, 5.74) is 0.922. The second kappa shape index (κ2) is 3.86. The van der Waals surface area contributed by atoms with Gasteiger partial charge in [-0.1, -0.05) is 12.1 Å². The van der Waals surface area contributed by atoms with Gasteiger partial charge in [-0.2, -0.15) is 0 Å². The van der Waals surface area contributed by atoms with E-state index in [1.165, 1.54) is 0 Å². The third kappa shape index (κ3) is 1.66. The zero-order valence-electron chi connectivity index (χ0n) is 7.75. The van der Waals surface area contributed by atoms with Gasteiger partial charge in [-0.3, -0.25) is 0 Å².